The molecule has 0 bridgehead atoms. The van der Waals surface area contributed by atoms with Crippen LogP contribution < -0.4 is 10.2 Å². The van der Waals surface area contributed by atoms with Crippen LogP contribution in [0.2, 0.25) is 0 Å². The normalized spacial score (nSPS) is 21.4. The summed E-state index contributed by atoms with van der Waals surface area (Å²) in [5, 5.41) is 2.98. The van der Waals surface area contributed by atoms with Gasteiger partial charge in [-0.2, -0.15) is 18.2 Å². The molecule has 1 N–H and O–H groups in total. The van der Waals surface area contributed by atoms with E-state index in [1.807, 2.05) is 6.07 Å². The zero-order valence-electron chi connectivity index (χ0n) is 18.8. The van der Waals surface area contributed by atoms with Crippen LogP contribution in [0, 0.1) is 0 Å². The van der Waals surface area contributed by atoms with Crippen LogP contribution in [0.5, 0.6) is 0 Å². The van der Waals surface area contributed by atoms with Crippen molar-refractivity contribution in [3.63, 3.8) is 0 Å². The summed E-state index contributed by atoms with van der Waals surface area (Å²) >= 11 is 0. The molecule has 0 aromatic carbocycles. The molecule has 5 rings (SSSR count). The molecule has 180 valence electrons. The lowest BCUT2D eigenvalue weighted by Crippen LogP contribution is -2.29. The molecule has 0 radical (unpaired) electrons. The number of aromatic nitrogens is 4. The smallest absolute Gasteiger partial charge is 0.416 e. The Morgan fingerprint density at radius 3 is 2.76 bits per heavy atom. The first-order chi connectivity index (χ1) is 16.3. The molecule has 8 nitrogen and oxygen atoms in total. The van der Waals surface area contributed by atoms with Gasteiger partial charge >= 0.3 is 6.18 Å². The Hall–Kier alpha value is -3.21. The van der Waals surface area contributed by atoms with Crippen LogP contribution in [-0.2, 0) is 12.7 Å². The van der Waals surface area contributed by atoms with Crippen molar-refractivity contribution in [1.29, 1.82) is 0 Å². The van der Waals surface area contributed by atoms with E-state index in [9.17, 15) is 13.2 Å². The summed E-state index contributed by atoms with van der Waals surface area (Å²) in [4.78, 5) is 22.0. The third kappa shape index (κ3) is 4.98. The van der Waals surface area contributed by atoms with E-state index in [-0.39, 0.29) is 11.7 Å². The van der Waals surface area contributed by atoms with E-state index in [1.165, 1.54) is 6.39 Å². The number of oxazole rings is 1. The standard InChI is InChI=1S/C23H26F3N7O/c1-15-3-2-7-33(15)22-29-19(16-5-8-32(12-16)13-18-11-27-14-34-18)10-21(31-22)30-20-9-17(4-6-28-20)23(24,25)26/h4,6,9-11,14-16H,2-3,5,7-8,12-13H2,1H3,(H,28,29,30,31). The Kier molecular flexibility index (Phi) is 6.11. The van der Waals surface area contributed by atoms with Crippen LogP contribution in [0.1, 0.15) is 49.1 Å². The zero-order valence-corrected chi connectivity index (χ0v) is 18.8. The Labute approximate surface area is 195 Å². The molecular formula is C23H26F3N7O. The van der Waals surface area contributed by atoms with E-state index in [4.69, 9.17) is 9.40 Å². The Morgan fingerprint density at radius 1 is 1.15 bits per heavy atom. The topological polar surface area (TPSA) is 83.2 Å². The highest BCUT2D eigenvalue weighted by Crippen LogP contribution is 2.33. The van der Waals surface area contributed by atoms with Crippen molar-refractivity contribution in [3.8, 4) is 0 Å². The first-order valence-electron chi connectivity index (χ1n) is 11.4. The summed E-state index contributed by atoms with van der Waals surface area (Å²) in [7, 11) is 0. The highest BCUT2D eigenvalue weighted by Gasteiger charge is 2.31. The number of rotatable bonds is 6. The Bertz CT molecular complexity index is 1120. The number of nitrogens with one attached hydrogen (secondary N) is 1. The molecule has 2 saturated heterocycles. The number of hydrogen-bond acceptors (Lipinski definition) is 8. The van der Waals surface area contributed by atoms with Gasteiger partial charge in [0.25, 0.3) is 0 Å². The lowest BCUT2D eigenvalue weighted by atomic mass is 10.0. The maximum Gasteiger partial charge on any atom is 0.416 e. The quantitative estimate of drug-likeness (QED) is 0.556. The van der Waals surface area contributed by atoms with Crippen molar-refractivity contribution >= 4 is 17.6 Å². The van der Waals surface area contributed by atoms with Crippen LogP contribution in [0.4, 0.5) is 30.8 Å². The van der Waals surface area contributed by atoms with E-state index in [0.29, 0.717) is 24.4 Å². The molecular weight excluding hydrogens is 447 g/mol. The van der Waals surface area contributed by atoms with Gasteiger partial charge in [0.2, 0.25) is 5.95 Å². The monoisotopic (exact) mass is 473 g/mol. The maximum atomic E-state index is 13.2. The highest BCUT2D eigenvalue weighted by molar-refractivity contribution is 5.56. The summed E-state index contributed by atoms with van der Waals surface area (Å²) in [6, 6.07) is 4.08. The van der Waals surface area contributed by atoms with E-state index >= 15 is 0 Å². The fourth-order valence-corrected chi connectivity index (χ4v) is 4.65. The van der Waals surface area contributed by atoms with Gasteiger partial charge in [0.05, 0.1) is 24.0 Å². The summed E-state index contributed by atoms with van der Waals surface area (Å²) < 4.78 is 44.8. The van der Waals surface area contributed by atoms with Crippen molar-refractivity contribution in [2.75, 3.05) is 29.9 Å². The van der Waals surface area contributed by atoms with Gasteiger partial charge in [0, 0.05) is 37.3 Å². The fraction of sp³-hybridized carbons (Fsp3) is 0.478. The average molecular weight is 474 g/mol. The van der Waals surface area contributed by atoms with Gasteiger partial charge in [0.1, 0.15) is 17.4 Å². The molecule has 2 unspecified atom stereocenters. The summed E-state index contributed by atoms with van der Waals surface area (Å²) in [6.45, 7) is 5.36. The molecule has 11 heteroatoms. The minimum atomic E-state index is -4.44. The second-order valence-corrected chi connectivity index (χ2v) is 8.90. The first-order valence-corrected chi connectivity index (χ1v) is 11.4. The first kappa shape index (κ1) is 22.6. The summed E-state index contributed by atoms with van der Waals surface area (Å²) in [5.74, 6) is 2.13. The molecule has 2 atom stereocenters. The third-order valence-electron chi connectivity index (χ3n) is 6.44. The van der Waals surface area contributed by atoms with E-state index < -0.39 is 11.7 Å². The minimum absolute atomic E-state index is 0.0956. The van der Waals surface area contributed by atoms with E-state index in [1.54, 1.807) is 6.20 Å². The number of nitrogens with zero attached hydrogens (tertiary/aromatic N) is 6. The third-order valence-corrected chi connectivity index (χ3v) is 6.44. The number of alkyl halides is 3. The molecule has 0 spiro atoms. The molecule has 5 heterocycles. The van der Waals surface area contributed by atoms with Gasteiger partial charge < -0.3 is 14.6 Å². The van der Waals surface area contributed by atoms with Gasteiger partial charge in [-0.05, 0) is 44.9 Å². The number of anilines is 3. The number of hydrogen-bond donors (Lipinski definition) is 1. The minimum Gasteiger partial charge on any atom is -0.447 e. The number of halogens is 3. The predicted octanol–water partition coefficient (Wildman–Crippen LogP) is 4.60. The van der Waals surface area contributed by atoms with Crippen molar-refractivity contribution in [2.45, 2.75) is 50.9 Å². The lowest BCUT2D eigenvalue weighted by molar-refractivity contribution is -0.137. The molecule has 2 fully saturated rings. The zero-order chi connectivity index (χ0) is 23.7. The van der Waals surface area contributed by atoms with Crippen molar-refractivity contribution < 1.29 is 17.6 Å². The Morgan fingerprint density at radius 2 is 2.03 bits per heavy atom. The highest BCUT2D eigenvalue weighted by atomic mass is 19.4. The SMILES string of the molecule is CC1CCCN1c1nc(Nc2cc(C(F)(F)F)ccn2)cc(C2CCN(Cc3cnco3)C2)n1. The van der Waals surface area contributed by atoms with E-state index in [0.717, 1.165) is 68.7 Å². The van der Waals surface area contributed by atoms with Crippen LogP contribution in [0.3, 0.4) is 0 Å². The average Bonchev–Trinajstić information content (AvgIpc) is 3.56. The molecule has 0 aliphatic carbocycles. The van der Waals surface area contributed by atoms with E-state index in [2.05, 4.69) is 37.0 Å². The van der Waals surface area contributed by atoms with Gasteiger partial charge in [-0.1, -0.05) is 0 Å². The molecule has 3 aromatic rings. The second-order valence-electron chi connectivity index (χ2n) is 8.90. The summed E-state index contributed by atoms with van der Waals surface area (Å²) in [6.07, 6.45) is 2.88. The molecule has 0 amide bonds. The second kappa shape index (κ2) is 9.21. The van der Waals surface area contributed by atoms with Crippen molar-refractivity contribution in [2.24, 2.45) is 0 Å². The lowest BCUT2D eigenvalue weighted by Gasteiger charge is -2.23. The van der Waals surface area contributed by atoms with Crippen molar-refractivity contribution in [3.05, 3.63) is 54.0 Å². The van der Waals surface area contributed by atoms with Gasteiger partial charge in [0.15, 0.2) is 6.39 Å². The fourth-order valence-electron chi connectivity index (χ4n) is 4.65. The van der Waals surface area contributed by atoms with Gasteiger partial charge in [-0.15, -0.1) is 0 Å². The van der Waals surface area contributed by atoms with Crippen LogP contribution in [0.15, 0.2) is 41.4 Å². The molecule has 2 aliphatic rings. The van der Waals surface area contributed by atoms with Gasteiger partial charge in [-0.3, -0.25) is 4.90 Å². The Balaban J connectivity index is 1.41. The molecule has 0 saturated carbocycles. The summed E-state index contributed by atoms with van der Waals surface area (Å²) in [5.41, 5.74) is 0.116. The van der Waals surface area contributed by atoms with Crippen LogP contribution >= 0.6 is 0 Å². The predicted molar refractivity (Wildman–Crippen MR) is 120 cm³/mol. The van der Waals surface area contributed by atoms with Crippen molar-refractivity contribution in [1.82, 2.24) is 24.8 Å². The largest absolute Gasteiger partial charge is 0.447 e. The molecule has 34 heavy (non-hydrogen) atoms. The number of likely N-dealkylation sites (tertiary alicyclic amines) is 1. The van der Waals surface area contributed by atoms with Crippen LogP contribution in [-0.4, -0.2) is 50.5 Å². The van der Waals surface area contributed by atoms with Gasteiger partial charge in [-0.25, -0.2) is 15.0 Å². The number of pyridine rings is 1. The maximum absolute atomic E-state index is 13.2. The molecule has 2 aliphatic heterocycles. The molecule has 3 aromatic heterocycles. The van der Waals surface area contributed by atoms with Crippen LogP contribution in [0.25, 0.3) is 0 Å².